The molecule has 1 aliphatic rings. The number of rotatable bonds is 7. The van der Waals surface area contributed by atoms with Gasteiger partial charge < -0.3 is 10.6 Å². The van der Waals surface area contributed by atoms with Crippen molar-refractivity contribution in [1.29, 1.82) is 0 Å². The van der Waals surface area contributed by atoms with Gasteiger partial charge in [-0.15, -0.1) is 0 Å². The molecule has 1 saturated heterocycles. The molecule has 5 nitrogen and oxygen atoms in total. The van der Waals surface area contributed by atoms with Crippen molar-refractivity contribution in [3.8, 4) is 0 Å². The second-order valence-corrected chi connectivity index (χ2v) is 9.74. The van der Waals surface area contributed by atoms with E-state index in [4.69, 9.17) is 0 Å². The molecule has 1 fully saturated rings. The van der Waals surface area contributed by atoms with Gasteiger partial charge in [0.25, 0.3) is 5.91 Å². The first-order valence-corrected chi connectivity index (χ1v) is 12.5. The van der Waals surface area contributed by atoms with E-state index < -0.39 is 0 Å². The summed E-state index contributed by atoms with van der Waals surface area (Å²) in [7, 11) is 0. The summed E-state index contributed by atoms with van der Waals surface area (Å²) >= 11 is 3.53. The van der Waals surface area contributed by atoms with Gasteiger partial charge in [-0.1, -0.05) is 70.5 Å². The van der Waals surface area contributed by atoms with Crippen LogP contribution in [-0.4, -0.2) is 29.8 Å². The standard InChI is InChI=1S/C28H30BrN3O2/c1-20(22-9-3-2-4-10-22)30-28(34)25-12-5-6-13-26(25)31-27(33)23-14-16-32(17-15-23)19-21-8-7-11-24(29)18-21/h2-13,18,20,23H,14-17,19H2,1H3,(H,30,34)(H,31,33). The van der Waals surface area contributed by atoms with Gasteiger partial charge in [0, 0.05) is 16.9 Å². The molecule has 0 spiro atoms. The summed E-state index contributed by atoms with van der Waals surface area (Å²) in [5, 5.41) is 6.06. The van der Waals surface area contributed by atoms with E-state index in [2.05, 4.69) is 43.6 Å². The van der Waals surface area contributed by atoms with Crippen LogP contribution < -0.4 is 10.6 Å². The van der Waals surface area contributed by atoms with Crippen molar-refractivity contribution in [1.82, 2.24) is 10.2 Å². The maximum absolute atomic E-state index is 13.0. The van der Waals surface area contributed by atoms with Crippen molar-refractivity contribution in [3.05, 3.63) is 100 Å². The molecule has 2 amide bonds. The van der Waals surface area contributed by atoms with Crippen LogP contribution in [0.25, 0.3) is 0 Å². The molecule has 0 bridgehead atoms. The van der Waals surface area contributed by atoms with Gasteiger partial charge in [0.05, 0.1) is 17.3 Å². The van der Waals surface area contributed by atoms with E-state index in [-0.39, 0.29) is 23.8 Å². The Labute approximate surface area is 209 Å². The number of para-hydroxylation sites is 1. The number of benzene rings is 3. The molecular weight excluding hydrogens is 490 g/mol. The van der Waals surface area contributed by atoms with Gasteiger partial charge in [0.15, 0.2) is 0 Å². The molecule has 176 valence electrons. The lowest BCUT2D eigenvalue weighted by Gasteiger charge is -2.31. The minimum Gasteiger partial charge on any atom is -0.345 e. The van der Waals surface area contributed by atoms with E-state index in [1.165, 1.54) is 5.56 Å². The molecule has 1 atom stereocenters. The number of nitrogens with zero attached hydrogens (tertiary/aromatic N) is 1. The Morgan fingerprint density at radius 3 is 2.41 bits per heavy atom. The Balaban J connectivity index is 1.33. The fourth-order valence-corrected chi connectivity index (χ4v) is 4.82. The molecule has 4 rings (SSSR count). The van der Waals surface area contributed by atoms with Gasteiger partial charge in [-0.25, -0.2) is 0 Å². The Morgan fingerprint density at radius 2 is 1.68 bits per heavy atom. The van der Waals surface area contributed by atoms with E-state index in [0.717, 1.165) is 42.5 Å². The quantitative estimate of drug-likeness (QED) is 0.415. The third-order valence-electron chi connectivity index (χ3n) is 6.33. The molecule has 0 saturated carbocycles. The van der Waals surface area contributed by atoms with Crippen LogP contribution in [0.15, 0.2) is 83.3 Å². The number of carbonyl (C=O) groups excluding carboxylic acids is 2. The SMILES string of the molecule is CC(NC(=O)c1ccccc1NC(=O)C1CCN(Cc2cccc(Br)c2)CC1)c1ccccc1. The van der Waals surface area contributed by atoms with Crippen LogP contribution in [0.1, 0.15) is 47.3 Å². The van der Waals surface area contributed by atoms with Crippen LogP contribution in [0, 0.1) is 5.92 Å². The minimum atomic E-state index is -0.198. The van der Waals surface area contributed by atoms with Crippen molar-refractivity contribution < 1.29 is 9.59 Å². The smallest absolute Gasteiger partial charge is 0.253 e. The Kier molecular flexibility index (Phi) is 8.14. The molecule has 0 aromatic heterocycles. The monoisotopic (exact) mass is 519 g/mol. The number of likely N-dealkylation sites (tertiary alicyclic amines) is 1. The molecule has 0 aliphatic carbocycles. The lowest BCUT2D eigenvalue weighted by molar-refractivity contribution is -0.121. The van der Waals surface area contributed by atoms with Crippen molar-refractivity contribution >= 4 is 33.4 Å². The Bertz CT molecular complexity index is 1130. The van der Waals surface area contributed by atoms with Crippen LogP contribution in [0.5, 0.6) is 0 Å². The van der Waals surface area contributed by atoms with Crippen LogP contribution in [-0.2, 0) is 11.3 Å². The van der Waals surface area contributed by atoms with E-state index in [1.807, 2.05) is 61.5 Å². The second-order valence-electron chi connectivity index (χ2n) is 8.82. The highest BCUT2D eigenvalue weighted by Crippen LogP contribution is 2.24. The first kappa shape index (κ1) is 24.2. The number of piperidine rings is 1. The van der Waals surface area contributed by atoms with Crippen LogP contribution in [0.2, 0.25) is 0 Å². The average Bonchev–Trinajstić information content (AvgIpc) is 2.85. The maximum atomic E-state index is 13.0. The number of hydrogen-bond donors (Lipinski definition) is 2. The highest BCUT2D eigenvalue weighted by molar-refractivity contribution is 9.10. The van der Waals surface area contributed by atoms with Crippen molar-refractivity contribution in [3.63, 3.8) is 0 Å². The number of hydrogen-bond acceptors (Lipinski definition) is 3. The number of amides is 2. The minimum absolute atomic E-state index is 0.0153. The number of anilines is 1. The summed E-state index contributed by atoms with van der Waals surface area (Å²) in [6.07, 6.45) is 1.61. The number of carbonyl (C=O) groups is 2. The van der Waals surface area contributed by atoms with E-state index in [0.29, 0.717) is 11.3 Å². The van der Waals surface area contributed by atoms with Crippen molar-refractivity contribution in [2.75, 3.05) is 18.4 Å². The Hall–Kier alpha value is -2.96. The van der Waals surface area contributed by atoms with Crippen LogP contribution in [0.3, 0.4) is 0 Å². The topological polar surface area (TPSA) is 61.4 Å². The fraction of sp³-hybridized carbons (Fsp3) is 0.286. The highest BCUT2D eigenvalue weighted by Gasteiger charge is 2.26. The summed E-state index contributed by atoms with van der Waals surface area (Å²) in [5.74, 6) is -0.271. The van der Waals surface area contributed by atoms with Crippen LogP contribution >= 0.6 is 15.9 Å². The first-order valence-electron chi connectivity index (χ1n) is 11.7. The summed E-state index contributed by atoms with van der Waals surface area (Å²) in [5.41, 5.74) is 3.33. The zero-order valence-corrected chi connectivity index (χ0v) is 20.9. The predicted octanol–water partition coefficient (Wildman–Crippen LogP) is 5.79. The molecule has 34 heavy (non-hydrogen) atoms. The largest absolute Gasteiger partial charge is 0.345 e. The third-order valence-corrected chi connectivity index (χ3v) is 6.82. The lowest BCUT2D eigenvalue weighted by atomic mass is 9.95. The van der Waals surface area contributed by atoms with E-state index in [1.54, 1.807) is 12.1 Å². The highest BCUT2D eigenvalue weighted by atomic mass is 79.9. The summed E-state index contributed by atoms with van der Waals surface area (Å²) in [4.78, 5) is 28.4. The molecule has 1 heterocycles. The molecule has 3 aromatic rings. The summed E-state index contributed by atoms with van der Waals surface area (Å²) in [6, 6.07) is 25.3. The van der Waals surface area contributed by atoms with E-state index in [9.17, 15) is 9.59 Å². The molecular formula is C28H30BrN3O2. The molecule has 0 radical (unpaired) electrons. The van der Waals surface area contributed by atoms with Gasteiger partial charge in [0.2, 0.25) is 5.91 Å². The second kappa shape index (κ2) is 11.4. The third kappa shape index (κ3) is 6.33. The number of nitrogens with one attached hydrogen (secondary N) is 2. The molecule has 6 heteroatoms. The van der Waals surface area contributed by atoms with Gasteiger partial charge >= 0.3 is 0 Å². The zero-order chi connectivity index (χ0) is 23.9. The normalized spacial score (nSPS) is 15.5. The summed E-state index contributed by atoms with van der Waals surface area (Å²) < 4.78 is 1.08. The zero-order valence-electron chi connectivity index (χ0n) is 19.3. The van der Waals surface area contributed by atoms with Crippen molar-refractivity contribution in [2.24, 2.45) is 5.92 Å². The molecule has 2 N–H and O–H groups in total. The van der Waals surface area contributed by atoms with Gasteiger partial charge in [-0.3, -0.25) is 14.5 Å². The lowest BCUT2D eigenvalue weighted by Crippen LogP contribution is -2.38. The molecule has 1 unspecified atom stereocenters. The maximum Gasteiger partial charge on any atom is 0.253 e. The van der Waals surface area contributed by atoms with Crippen molar-refractivity contribution in [2.45, 2.75) is 32.4 Å². The van der Waals surface area contributed by atoms with E-state index >= 15 is 0 Å². The Morgan fingerprint density at radius 1 is 0.971 bits per heavy atom. The van der Waals surface area contributed by atoms with Gasteiger partial charge in [0.1, 0.15) is 0 Å². The summed E-state index contributed by atoms with van der Waals surface area (Å²) in [6.45, 7) is 4.59. The molecule has 1 aliphatic heterocycles. The molecule has 3 aromatic carbocycles. The first-order chi connectivity index (χ1) is 16.5. The predicted molar refractivity (Wildman–Crippen MR) is 140 cm³/mol. The average molecular weight is 520 g/mol. The fourth-order valence-electron chi connectivity index (χ4n) is 4.37. The van der Waals surface area contributed by atoms with Gasteiger partial charge in [-0.05, 0) is 68.2 Å². The van der Waals surface area contributed by atoms with Gasteiger partial charge in [-0.2, -0.15) is 0 Å². The van der Waals surface area contributed by atoms with Crippen LogP contribution in [0.4, 0.5) is 5.69 Å². The number of halogens is 1.